The van der Waals surface area contributed by atoms with E-state index in [1.165, 1.54) is 0 Å². The number of ether oxygens (including phenoxy) is 1. The van der Waals surface area contributed by atoms with Gasteiger partial charge in [-0.05, 0) is 14.0 Å². The van der Waals surface area contributed by atoms with E-state index >= 15 is 0 Å². The summed E-state index contributed by atoms with van der Waals surface area (Å²) in [5.41, 5.74) is -1.26. The fourth-order valence-electron chi connectivity index (χ4n) is 2.40. The van der Waals surface area contributed by atoms with Crippen molar-refractivity contribution >= 4 is 12.0 Å². The van der Waals surface area contributed by atoms with Crippen molar-refractivity contribution in [2.24, 2.45) is 0 Å². The highest BCUT2D eigenvalue weighted by atomic mass is 16.5. The van der Waals surface area contributed by atoms with Crippen LogP contribution in [0.3, 0.4) is 0 Å². The second-order valence-electron chi connectivity index (χ2n) is 5.40. The summed E-state index contributed by atoms with van der Waals surface area (Å²) in [6.07, 6.45) is 0.317. The third kappa shape index (κ3) is 2.82. The number of hydrogen-bond acceptors (Lipinski definition) is 4. The maximum Gasteiger partial charge on any atom is 0.332 e. The van der Waals surface area contributed by atoms with Gasteiger partial charge in [0.1, 0.15) is 0 Å². The zero-order valence-corrected chi connectivity index (χ0v) is 11.4. The van der Waals surface area contributed by atoms with Crippen molar-refractivity contribution in [3.05, 3.63) is 0 Å². The van der Waals surface area contributed by atoms with Crippen LogP contribution in [0.15, 0.2) is 0 Å². The van der Waals surface area contributed by atoms with E-state index in [0.29, 0.717) is 26.1 Å². The molecule has 7 nitrogen and oxygen atoms in total. The normalized spacial score (nSPS) is 32.3. The minimum absolute atomic E-state index is 0.0391. The molecule has 2 fully saturated rings. The van der Waals surface area contributed by atoms with Crippen LogP contribution in [0.2, 0.25) is 0 Å². The quantitative estimate of drug-likeness (QED) is 0.712. The molecule has 2 N–H and O–H groups in total. The predicted molar refractivity (Wildman–Crippen MR) is 68.0 cm³/mol. The first kappa shape index (κ1) is 14.1. The molecule has 7 heteroatoms. The monoisotopic (exact) mass is 271 g/mol. The number of amides is 2. The first-order valence-electron chi connectivity index (χ1n) is 6.53. The van der Waals surface area contributed by atoms with Gasteiger partial charge in [-0.1, -0.05) is 0 Å². The van der Waals surface area contributed by atoms with E-state index < -0.39 is 11.5 Å². The van der Waals surface area contributed by atoms with Gasteiger partial charge in [0.05, 0.1) is 6.61 Å². The zero-order valence-electron chi connectivity index (χ0n) is 11.4. The average Bonchev–Trinajstić information content (AvgIpc) is 2.82. The van der Waals surface area contributed by atoms with E-state index in [1.54, 1.807) is 4.90 Å². The molecule has 0 aromatic heterocycles. The number of rotatable bonds is 2. The highest BCUT2D eigenvalue weighted by Gasteiger charge is 2.45. The SMILES string of the molecule is CC1CN(C(=O)NC2(C(=O)O)CCOC2)CCN1C. The topological polar surface area (TPSA) is 82.1 Å². The molecular formula is C12H21N3O4. The van der Waals surface area contributed by atoms with Gasteiger partial charge in [-0.3, -0.25) is 0 Å². The first-order chi connectivity index (χ1) is 8.94. The lowest BCUT2D eigenvalue weighted by Gasteiger charge is -2.38. The zero-order chi connectivity index (χ0) is 14.0. The second kappa shape index (κ2) is 5.34. The van der Waals surface area contributed by atoms with Crippen LogP contribution in [-0.2, 0) is 9.53 Å². The maximum absolute atomic E-state index is 12.2. The Hall–Kier alpha value is -1.34. The van der Waals surface area contributed by atoms with Crippen LogP contribution in [0.4, 0.5) is 4.79 Å². The lowest BCUT2D eigenvalue weighted by Crippen LogP contribution is -2.61. The Morgan fingerprint density at radius 2 is 2.16 bits per heavy atom. The summed E-state index contributed by atoms with van der Waals surface area (Å²) in [5, 5.41) is 11.9. The lowest BCUT2D eigenvalue weighted by atomic mass is 9.99. The molecular weight excluding hydrogens is 250 g/mol. The van der Waals surface area contributed by atoms with Crippen molar-refractivity contribution in [3.63, 3.8) is 0 Å². The fourth-order valence-corrected chi connectivity index (χ4v) is 2.40. The Morgan fingerprint density at radius 1 is 1.42 bits per heavy atom. The van der Waals surface area contributed by atoms with Crippen LogP contribution in [0.5, 0.6) is 0 Å². The Kier molecular flexibility index (Phi) is 3.96. The van der Waals surface area contributed by atoms with Gasteiger partial charge in [-0.2, -0.15) is 0 Å². The minimum atomic E-state index is -1.26. The summed E-state index contributed by atoms with van der Waals surface area (Å²) in [5.74, 6) is -1.03. The summed E-state index contributed by atoms with van der Waals surface area (Å²) in [6, 6.07) is -0.0343. The Bertz CT molecular complexity index is 368. The third-order valence-electron chi connectivity index (χ3n) is 4.02. The highest BCUT2D eigenvalue weighted by molar-refractivity contribution is 5.86. The molecule has 2 amide bonds. The van der Waals surface area contributed by atoms with Crippen molar-refractivity contribution in [2.45, 2.75) is 24.9 Å². The van der Waals surface area contributed by atoms with Crippen molar-refractivity contribution < 1.29 is 19.4 Å². The molecule has 0 aromatic rings. The summed E-state index contributed by atoms with van der Waals surface area (Å²) < 4.78 is 5.13. The molecule has 2 rings (SSSR count). The fraction of sp³-hybridized carbons (Fsp3) is 0.833. The number of nitrogens with one attached hydrogen (secondary N) is 1. The number of carbonyl (C=O) groups is 2. The number of piperazine rings is 1. The van der Waals surface area contributed by atoms with Crippen molar-refractivity contribution in [1.82, 2.24) is 15.1 Å². The molecule has 2 unspecified atom stereocenters. The number of urea groups is 1. The van der Waals surface area contributed by atoms with E-state index in [-0.39, 0.29) is 18.7 Å². The molecule has 0 aromatic carbocycles. The average molecular weight is 271 g/mol. The molecule has 2 heterocycles. The van der Waals surface area contributed by atoms with Crippen LogP contribution in [-0.4, -0.2) is 78.4 Å². The molecule has 108 valence electrons. The minimum Gasteiger partial charge on any atom is -0.479 e. The summed E-state index contributed by atoms with van der Waals surface area (Å²) >= 11 is 0. The molecule has 0 aliphatic carbocycles. The van der Waals surface area contributed by atoms with Crippen LogP contribution in [0.1, 0.15) is 13.3 Å². The maximum atomic E-state index is 12.2. The van der Waals surface area contributed by atoms with Gasteiger partial charge in [0.15, 0.2) is 5.54 Å². The number of carboxylic acid groups (broad SMARTS) is 1. The first-order valence-corrected chi connectivity index (χ1v) is 6.53. The van der Waals surface area contributed by atoms with Crippen molar-refractivity contribution in [3.8, 4) is 0 Å². The standard InChI is InChI=1S/C12H21N3O4/c1-9-7-15(5-4-14(9)2)11(18)13-12(10(16)17)3-6-19-8-12/h9H,3-8H2,1-2H3,(H,13,18)(H,16,17). The van der Waals surface area contributed by atoms with Gasteiger partial charge in [-0.25, -0.2) is 9.59 Å². The Morgan fingerprint density at radius 3 is 2.68 bits per heavy atom. The molecule has 2 saturated heterocycles. The molecule has 0 saturated carbocycles. The van der Waals surface area contributed by atoms with Gasteiger partial charge in [0.2, 0.25) is 0 Å². The van der Waals surface area contributed by atoms with E-state index in [2.05, 4.69) is 10.2 Å². The Labute approximate surface area is 112 Å². The van der Waals surface area contributed by atoms with Crippen LogP contribution in [0.25, 0.3) is 0 Å². The molecule has 2 aliphatic heterocycles. The lowest BCUT2D eigenvalue weighted by molar-refractivity contribution is -0.144. The van der Waals surface area contributed by atoms with E-state index in [9.17, 15) is 14.7 Å². The van der Waals surface area contributed by atoms with Gasteiger partial charge in [0.25, 0.3) is 0 Å². The number of aliphatic carboxylic acids is 1. The van der Waals surface area contributed by atoms with E-state index in [0.717, 1.165) is 6.54 Å². The third-order valence-corrected chi connectivity index (χ3v) is 4.02. The number of carbonyl (C=O) groups excluding carboxylic acids is 1. The largest absolute Gasteiger partial charge is 0.479 e. The van der Waals surface area contributed by atoms with Crippen molar-refractivity contribution in [1.29, 1.82) is 0 Å². The van der Waals surface area contributed by atoms with E-state index in [4.69, 9.17) is 4.74 Å². The summed E-state index contributed by atoms with van der Waals surface area (Å²) in [6.45, 7) is 4.47. The molecule has 19 heavy (non-hydrogen) atoms. The number of nitrogens with zero attached hydrogens (tertiary/aromatic N) is 2. The number of carboxylic acids is 1. The van der Waals surface area contributed by atoms with Gasteiger partial charge in [-0.15, -0.1) is 0 Å². The number of hydrogen-bond donors (Lipinski definition) is 2. The van der Waals surface area contributed by atoms with Crippen LogP contribution in [0, 0.1) is 0 Å². The van der Waals surface area contributed by atoms with Crippen molar-refractivity contribution in [2.75, 3.05) is 39.9 Å². The highest BCUT2D eigenvalue weighted by Crippen LogP contribution is 2.20. The molecule has 2 atom stereocenters. The van der Waals surface area contributed by atoms with E-state index in [1.807, 2.05) is 14.0 Å². The molecule has 2 aliphatic rings. The van der Waals surface area contributed by atoms with Gasteiger partial charge < -0.3 is 25.0 Å². The summed E-state index contributed by atoms with van der Waals surface area (Å²) in [4.78, 5) is 27.4. The van der Waals surface area contributed by atoms with Gasteiger partial charge >= 0.3 is 12.0 Å². The van der Waals surface area contributed by atoms with Crippen LogP contribution < -0.4 is 5.32 Å². The smallest absolute Gasteiger partial charge is 0.332 e. The predicted octanol–water partition coefficient (Wildman–Crippen LogP) is -0.424. The summed E-state index contributed by atoms with van der Waals surface area (Å²) in [7, 11) is 2.02. The Balaban J connectivity index is 1.98. The molecule has 0 spiro atoms. The molecule has 0 radical (unpaired) electrons. The second-order valence-corrected chi connectivity index (χ2v) is 5.40. The van der Waals surface area contributed by atoms with Gasteiger partial charge in [0, 0.05) is 38.7 Å². The van der Waals surface area contributed by atoms with Crippen LogP contribution >= 0.6 is 0 Å². The number of likely N-dealkylation sites (N-methyl/N-ethyl adjacent to an activating group) is 1. The molecule has 0 bridgehead atoms.